The van der Waals surface area contributed by atoms with Gasteiger partial charge in [0.15, 0.2) is 0 Å². The van der Waals surface area contributed by atoms with Gasteiger partial charge in [-0.15, -0.1) is 11.6 Å². The Labute approximate surface area is 89.1 Å². The van der Waals surface area contributed by atoms with Crippen LogP contribution in [0.5, 0.6) is 0 Å². The van der Waals surface area contributed by atoms with Gasteiger partial charge in [-0.05, 0) is 37.5 Å². The maximum atomic E-state index is 6.25. The molecule has 0 aliphatic heterocycles. The van der Waals surface area contributed by atoms with Crippen molar-refractivity contribution >= 4 is 11.6 Å². The van der Waals surface area contributed by atoms with Crippen molar-refractivity contribution in [2.75, 3.05) is 0 Å². The second kappa shape index (κ2) is 3.81. The van der Waals surface area contributed by atoms with Gasteiger partial charge < -0.3 is 0 Å². The minimum absolute atomic E-state index is 0.0747. The molecule has 0 aliphatic carbocycles. The van der Waals surface area contributed by atoms with Crippen molar-refractivity contribution < 1.29 is 0 Å². The van der Waals surface area contributed by atoms with Gasteiger partial charge in [-0.3, -0.25) is 0 Å². The van der Waals surface area contributed by atoms with Crippen LogP contribution in [-0.4, -0.2) is 4.87 Å². The van der Waals surface area contributed by atoms with Crippen LogP contribution in [0.4, 0.5) is 0 Å². The minimum atomic E-state index is -0.0747. The average Bonchev–Trinajstić information content (AvgIpc) is 1.43. The van der Waals surface area contributed by atoms with Crippen molar-refractivity contribution in [3.8, 4) is 0 Å². The Kier molecular flexibility index (Phi) is 3.89. The molecule has 0 saturated carbocycles. The van der Waals surface area contributed by atoms with Gasteiger partial charge in [-0.2, -0.15) is 0 Å². The first-order valence-corrected chi connectivity index (χ1v) is 5.48. The second-order valence-corrected chi connectivity index (χ2v) is 7.82. The van der Waals surface area contributed by atoms with Crippen LogP contribution in [0.1, 0.15) is 61.3 Å². The van der Waals surface area contributed by atoms with Crippen molar-refractivity contribution in [3.63, 3.8) is 0 Å². The van der Waals surface area contributed by atoms with Gasteiger partial charge in [0.2, 0.25) is 0 Å². The van der Waals surface area contributed by atoms with E-state index in [9.17, 15) is 0 Å². The minimum Gasteiger partial charge on any atom is -0.120 e. The average molecular weight is 205 g/mol. The summed E-state index contributed by atoms with van der Waals surface area (Å²) in [6.45, 7) is 15.7. The van der Waals surface area contributed by atoms with Gasteiger partial charge in [-0.1, -0.05) is 34.6 Å². The zero-order valence-electron chi connectivity index (χ0n) is 10.3. The predicted molar refractivity (Wildman–Crippen MR) is 62.4 cm³/mol. The fraction of sp³-hybridized carbons (Fsp3) is 1.00. The SMILES string of the molecule is CC(C)(C)CC(C)(C)CC(C)(C)Cl. The first kappa shape index (κ1) is 13.3. The lowest BCUT2D eigenvalue weighted by molar-refractivity contribution is 0.185. The van der Waals surface area contributed by atoms with Gasteiger partial charge in [0, 0.05) is 4.87 Å². The van der Waals surface area contributed by atoms with Crippen molar-refractivity contribution in [3.05, 3.63) is 0 Å². The van der Waals surface area contributed by atoms with Crippen LogP contribution in [0, 0.1) is 10.8 Å². The van der Waals surface area contributed by atoms with Gasteiger partial charge in [0.05, 0.1) is 0 Å². The van der Waals surface area contributed by atoms with E-state index in [4.69, 9.17) is 11.6 Å². The normalized spacial score (nSPS) is 14.8. The summed E-state index contributed by atoms with van der Waals surface area (Å²) >= 11 is 6.25. The quantitative estimate of drug-likeness (QED) is 0.577. The summed E-state index contributed by atoms with van der Waals surface area (Å²) in [5.74, 6) is 0. The maximum absolute atomic E-state index is 6.25. The zero-order valence-corrected chi connectivity index (χ0v) is 11.0. The Morgan fingerprint density at radius 2 is 1.15 bits per heavy atom. The highest BCUT2D eigenvalue weighted by molar-refractivity contribution is 6.23. The largest absolute Gasteiger partial charge is 0.120 e. The van der Waals surface area contributed by atoms with E-state index in [2.05, 4.69) is 48.5 Å². The number of rotatable bonds is 3. The molecule has 0 aromatic heterocycles. The Bertz CT molecular complexity index is 137. The molecular weight excluding hydrogens is 180 g/mol. The maximum Gasteiger partial charge on any atom is 0.0395 e. The lowest BCUT2D eigenvalue weighted by atomic mass is 9.72. The van der Waals surface area contributed by atoms with Crippen molar-refractivity contribution in [1.29, 1.82) is 0 Å². The molecule has 0 spiro atoms. The molecule has 0 aliphatic rings. The predicted octanol–water partition coefficient (Wildman–Crippen LogP) is 4.86. The van der Waals surface area contributed by atoms with E-state index in [0.29, 0.717) is 10.8 Å². The van der Waals surface area contributed by atoms with E-state index >= 15 is 0 Å². The van der Waals surface area contributed by atoms with Crippen molar-refractivity contribution in [2.45, 2.75) is 66.2 Å². The molecule has 80 valence electrons. The van der Waals surface area contributed by atoms with E-state index in [0.717, 1.165) is 6.42 Å². The summed E-state index contributed by atoms with van der Waals surface area (Å²) in [6.07, 6.45) is 2.29. The van der Waals surface area contributed by atoms with Crippen molar-refractivity contribution in [1.82, 2.24) is 0 Å². The molecule has 0 amide bonds. The molecule has 0 atom stereocenters. The number of hydrogen-bond acceptors (Lipinski definition) is 0. The van der Waals surface area contributed by atoms with Crippen LogP contribution in [0.25, 0.3) is 0 Å². The summed E-state index contributed by atoms with van der Waals surface area (Å²) in [5, 5.41) is 0. The van der Waals surface area contributed by atoms with Gasteiger partial charge in [0.1, 0.15) is 0 Å². The smallest absolute Gasteiger partial charge is 0.0395 e. The molecule has 0 radical (unpaired) electrons. The third-order valence-electron chi connectivity index (χ3n) is 1.91. The van der Waals surface area contributed by atoms with Crippen LogP contribution < -0.4 is 0 Å². The third-order valence-corrected chi connectivity index (χ3v) is 2.04. The summed E-state index contributed by atoms with van der Waals surface area (Å²) < 4.78 is 0. The first-order valence-electron chi connectivity index (χ1n) is 5.10. The van der Waals surface area contributed by atoms with Crippen molar-refractivity contribution in [2.24, 2.45) is 10.8 Å². The molecule has 13 heavy (non-hydrogen) atoms. The van der Waals surface area contributed by atoms with E-state index in [1.807, 2.05) is 0 Å². The summed E-state index contributed by atoms with van der Waals surface area (Å²) in [7, 11) is 0. The van der Waals surface area contributed by atoms with Crippen LogP contribution in [-0.2, 0) is 0 Å². The van der Waals surface area contributed by atoms with Crippen LogP contribution in [0.3, 0.4) is 0 Å². The molecule has 0 N–H and O–H groups in total. The molecule has 1 heteroatoms. The number of alkyl halides is 1. The second-order valence-electron chi connectivity index (χ2n) is 6.80. The highest BCUT2D eigenvalue weighted by Crippen LogP contribution is 2.40. The van der Waals surface area contributed by atoms with E-state index in [1.165, 1.54) is 6.42 Å². The fourth-order valence-electron chi connectivity index (χ4n) is 2.64. The van der Waals surface area contributed by atoms with Gasteiger partial charge in [-0.25, -0.2) is 0 Å². The van der Waals surface area contributed by atoms with E-state index in [-0.39, 0.29) is 4.87 Å². The molecule has 0 aromatic carbocycles. The number of hydrogen-bond donors (Lipinski definition) is 0. The summed E-state index contributed by atoms with van der Waals surface area (Å²) in [5.41, 5.74) is 0.731. The number of halogens is 1. The Hall–Kier alpha value is 0.290. The lowest BCUT2D eigenvalue weighted by Crippen LogP contribution is -2.27. The molecule has 0 rings (SSSR count). The fourth-order valence-corrected chi connectivity index (χ4v) is 3.00. The lowest BCUT2D eigenvalue weighted by Gasteiger charge is -2.36. The first-order chi connectivity index (χ1) is 5.41. The summed E-state index contributed by atoms with van der Waals surface area (Å²) in [6, 6.07) is 0. The standard InChI is InChI=1S/C12H25Cl/c1-10(2,3)8-11(4,5)9-12(6,7)13/h8-9H2,1-7H3. The van der Waals surface area contributed by atoms with Crippen LogP contribution in [0.15, 0.2) is 0 Å². The van der Waals surface area contributed by atoms with Crippen LogP contribution >= 0.6 is 11.6 Å². The molecule has 0 heterocycles. The summed E-state index contributed by atoms with van der Waals surface area (Å²) in [4.78, 5) is -0.0747. The van der Waals surface area contributed by atoms with Crippen LogP contribution in [0.2, 0.25) is 0 Å². The Morgan fingerprint density at radius 3 is 1.38 bits per heavy atom. The Balaban J connectivity index is 4.25. The van der Waals surface area contributed by atoms with E-state index in [1.54, 1.807) is 0 Å². The third kappa shape index (κ3) is 8.62. The van der Waals surface area contributed by atoms with Gasteiger partial charge >= 0.3 is 0 Å². The highest BCUT2D eigenvalue weighted by Gasteiger charge is 2.30. The molecule has 0 nitrogen and oxygen atoms in total. The van der Waals surface area contributed by atoms with E-state index < -0.39 is 0 Å². The monoisotopic (exact) mass is 204 g/mol. The van der Waals surface area contributed by atoms with Gasteiger partial charge in [0.25, 0.3) is 0 Å². The topological polar surface area (TPSA) is 0 Å². The zero-order chi connectivity index (χ0) is 10.9. The molecule has 0 unspecified atom stereocenters. The molecule has 0 fully saturated rings. The highest BCUT2D eigenvalue weighted by atomic mass is 35.5. The molecular formula is C12H25Cl. The molecule has 0 aromatic rings. The molecule has 0 bridgehead atoms. The molecule has 0 saturated heterocycles. The Morgan fingerprint density at radius 1 is 0.769 bits per heavy atom.